The normalized spacial score (nSPS) is 13.6. The summed E-state index contributed by atoms with van der Waals surface area (Å²) in [6.07, 6.45) is -0.675. The van der Waals surface area contributed by atoms with Crippen LogP contribution in [0.4, 0.5) is 4.79 Å². The number of hydrogen-bond acceptors (Lipinski definition) is 3. The molecule has 3 N–H and O–H groups in total. The molecule has 0 aliphatic heterocycles. The predicted octanol–water partition coefficient (Wildman–Crippen LogP) is 3.48. The minimum absolute atomic E-state index is 0.0560. The maximum absolute atomic E-state index is 12.1. The second kappa shape index (κ2) is 7.96. The largest absolute Gasteiger partial charge is 0.387 e. The Hall–Kier alpha value is -1.85. The Kier molecular flexibility index (Phi) is 5.98. The van der Waals surface area contributed by atoms with Crippen molar-refractivity contribution in [3.05, 3.63) is 58.3 Å². The van der Waals surface area contributed by atoms with E-state index in [0.717, 1.165) is 11.1 Å². The molecule has 5 heteroatoms. The summed E-state index contributed by atoms with van der Waals surface area (Å²) >= 11 is 1.53. The lowest BCUT2D eigenvalue weighted by molar-refractivity contribution is 0.172. The molecule has 0 saturated heterocycles. The zero-order valence-corrected chi connectivity index (χ0v) is 13.6. The van der Waals surface area contributed by atoms with Crippen LogP contribution in [0.5, 0.6) is 0 Å². The van der Waals surface area contributed by atoms with Gasteiger partial charge in [0.1, 0.15) is 0 Å². The quantitative estimate of drug-likeness (QED) is 0.763. The molecule has 1 aromatic heterocycles. The number of rotatable bonds is 6. The molecule has 2 aromatic rings. The van der Waals surface area contributed by atoms with E-state index < -0.39 is 6.10 Å². The predicted molar refractivity (Wildman–Crippen MR) is 89.8 cm³/mol. The van der Waals surface area contributed by atoms with Crippen LogP contribution in [0, 0.1) is 5.92 Å². The van der Waals surface area contributed by atoms with Crippen LogP contribution < -0.4 is 10.6 Å². The lowest BCUT2D eigenvalue weighted by Crippen LogP contribution is -2.41. The van der Waals surface area contributed by atoms with E-state index in [-0.39, 0.29) is 24.5 Å². The number of thiophene rings is 1. The van der Waals surface area contributed by atoms with Gasteiger partial charge in [0.15, 0.2) is 0 Å². The van der Waals surface area contributed by atoms with Gasteiger partial charge in [0.25, 0.3) is 0 Å². The SMILES string of the molecule is CC(C)C(NC(=O)NCC(O)c1ccsc1)c1ccccc1. The molecule has 0 radical (unpaired) electrons. The van der Waals surface area contributed by atoms with Crippen molar-refractivity contribution in [2.75, 3.05) is 6.54 Å². The van der Waals surface area contributed by atoms with E-state index in [9.17, 15) is 9.90 Å². The Labute approximate surface area is 135 Å². The standard InChI is InChI=1S/C17H22N2O2S/c1-12(2)16(13-6-4-3-5-7-13)19-17(21)18-10-15(20)14-8-9-22-11-14/h3-9,11-12,15-16,20H,10H2,1-2H3,(H2,18,19,21). The van der Waals surface area contributed by atoms with Crippen LogP contribution in [0.1, 0.15) is 37.1 Å². The summed E-state index contributed by atoms with van der Waals surface area (Å²) in [6, 6.07) is 11.4. The lowest BCUT2D eigenvalue weighted by atomic mass is 9.96. The summed E-state index contributed by atoms with van der Waals surface area (Å²) in [7, 11) is 0. The first-order valence-electron chi connectivity index (χ1n) is 7.37. The number of nitrogens with one attached hydrogen (secondary N) is 2. The van der Waals surface area contributed by atoms with Gasteiger partial charge < -0.3 is 15.7 Å². The van der Waals surface area contributed by atoms with Crippen molar-refractivity contribution >= 4 is 17.4 Å². The average Bonchev–Trinajstić information content (AvgIpc) is 3.05. The van der Waals surface area contributed by atoms with E-state index in [0.29, 0.717) is 0 Å². The smallest absolute Gasteiger partial charge is 0.315 e. The first-order valence-corrected chi connectivity index (χ1v) is 8.31. The van der Waals surface area contributed by atoms with Crippen LogP contribution in [0.2, 0.25) is 0 Å². The third-order valence-corrected chi connectivity index (χ3v) is 4.20. The topological polar surface area (TPSA) is 61.4 Å². The number of carbonyl (C=O) groups is 1. The van der Waals surface area contributed by atoms with Gasteiger partial charge in [-0.15, -0.1) is 0 Å². The zero-order valence-electron chi connectivity index (χ0n) is 12.8. The molecule has 1 heterocycles. The molecule has 2 unspecified atom stereocenters. The highest BCUT2D eigenvalue weighted by Crippen LogP contribution is 2.21. The van der Waals surface area contributed by atoms with Crippen LogP contribution in [-0.4, -0.2) is 17.7 Å². The van der Waals surface area contributed by atoms with Crippen molar-refractivity contribution in [3.8, 4) is 0 Å². The molecule has 2 amide bonds. The van der Waals surface area contributed by atoms with Gasteiger partial charge in [-0.1, -0.05) is 44.2 Å². The van der Waals surface area contributed by atoms with Gasteiger partial charge in [0.2, 0.25) is 0 Å². The van der Waals surface area contributed by atoms with Gasteiger partial charge in [0, 0.05) is 6.54 Å². The van der Waals surface area contributed by atoms with E-state index in [1.807, 2.05) is 47.2 Å². The highest BCUT2D eigenvalue weighted by Gasteiger charge is 2.18. The van der Waals surface area contributed by atoms with Crippen LogP contribution in [0.25, 0.3) is 0 Å². The molecule has 0 aliphatic carbocycles. The molecular weight excluding hydrogens is 296 g/mol. The van der Waals surface area contributed by atoms with E-state index in [2.05, 4.69) is 24.5 Å². The summed E-state index contributed by atoms with van der Waals surface area (Å²) in [5.41, 5.74) is 1.90. The molecule has 0 spiro atoms. The number of aliphatic hydroxyl groups excluding tert-OH is 1. The lowest BCUT2D eigenvalue weighted by Gasteiger charge is -2.23. The minimum Gasteiger partial charge on any atom is -0.387 e. The number of benzene rings is 1. The van der Waals surface area contributed by atoms with Crippen LogP contribution >= 0.6 is 11.3 Å². The van der Waals surface area contributed by atoms with Crippen molar-refractivity contribution in [2.45, 2.75) is 26.0 Å². The van der Waals surface area contributed by atoms with Gasteiger partial charge in [-0.3, -0.25) is 0 Å². The fraction of sp³-hybridized carbons (Fsp3) is 0.353. The monoisotopic (exact) mass is 318 g/mol. The third kappa shape index (κ3) is 4.58. The van der Waals surface area contributed by atoms with Crippen molar-refractivity contribution in [1.82, 2.24) is 10.6 Å². The molecule has 1 aromatic carbocycles. The number of aliphatic hydroxyl groups is 1. The van der Waals surface area contributed by atoms with Crippen LogP contribution in [0.3, 0.4) is 0 Å². The number of urea groups is 1. The maximum Gasteiger partial charge on any atom is 0.315 e. The second-order valence-corrected chi connectivity index (χ2v) is 6.34. The Morgan fingerprint density at radius 1 is 1.18 bits per heavy atom. The van der Waals surface area contributed by atoms with Gasteiger partial charge in [-0.05, 0) is 33.9 Å². The number of amides is 2. The first-order chi connectivity index (χ1) is 10.6. The summed E-state index contributed by atoms with van der Waals surface area (Å²) in [4.78, 5) is 12.1. The highest BCUT2D eigenvalue weighted by atomic mass is 32.1. The first kappa shape index (κ1) is 16.5. The molecule has 0 saturated carbocycles. The van der Waals surface area contributed by atoms with Gasteiger partial charge in [0.05, 0.1) is 12.1 Å². The molecule has 118 valence electrons. The van der Waals surface area contributed by atoms with Crippen molar-refractivity contribution in [1.29, 1.82) is 0 Å². The van der Waals surface area contributed by atoms with Crippen molar-refractivity contribution in [2.24, 2.45) is 5.92 Å². The van der Waals surface area contributed by atoms with Crippen LogP contribution in [-0.2, 0) is 0 Å². The van der Waals surface area contributed by atoms with E-state index in [1.54, 1.807) is 0 Å². The molecule has 0 fully saturated rings. The van der Waals surface area contributed by atoms with Crippen molar-refractivity contribution in [3.63, 3.8) is 0 Å². The molecule has 0 aliphatic rings. The number of carbonyl (C=O) groups excluding carboxylic acids is 1. The zero-order chi connectivity index (χ0) is 15.9. The summed E-state index contributed by atoms with van der Waals surface area (Å²) in [5.74, 6) is 0.273. The fourth-order valence-electron chi connectivity index (χ4n) is 2.26. The van der Waals surface area contributed by atoms with Gasteiger partial charge in [-0.2, -0.15) is 11.3 Å². The molecule has 2 atom stereocenters. The maximum atomic E-state index is 12.1. The second-order valence-electron chi connectivity index (χ2n) is 5.56. The summed E-state index contributed by atoms with van der Waals surface area (Å²) in [5, 5.41) is 19.5. The molecular formula is C17H22N2O2S. The Balaban J connectivity index is 1.89. The van der Waals surface area contributed by atoms with Crippen LogP contribution in [0.15, 0.2) is 47.2 Å². The highest BCUT2D eigenvalue weighted by molar-refractivity contribution is 7.07. The summed E-state index contributed by atoms with van der Waals surface area (Å²) < 4.78 is 0. The Morgan fingerprint density at radius 3 is 2.50 bits per heavy atom. The number of hydrogen-bond donors (Lipinski definition) is 3. The minimum atomic E-state index is -0.675. The molecule has 22 heavy (non-hydrogen) atoms. The Bertz CT molecular complexity index is 570. The Morgan fingerprint density at radius 2 is 1.91 bits per heavy atom. The van der Waals surface area contributed by atoms with Gasteiger partial charge >= 0.3 is 6.03 Å². The van der Waals surface area contributed by atoms with E-state index >= 15 is 0 Å². The average molecular weight is 318 g/mol. The van der Waals surface area contributed by atoms with Gasteiger partial charge in [-0.25, -0.2) is 4.79 Å². The fourth-order valence-corrected chi connectivity index (χ4v) is 2.97. The van der Waals surface area contributed by atoms with E-state index in [4.69, 9.17) is 0 Å². The summed E-state index contributed by atoms with van der Waals surface area (Å²) in [6.45, 7) is 4.33. The molecule has 0 bridgehead atoms. The van der Waals surface area contributed by atoms with Crippen molar-refractivity contribution < 1.29 is 9.90 Å². The molecule has 4 nitrogen and oxygen atoms in total. The molecule has 2 rings (SSSR count). The van der Waals surface area contributed by atoms with E-state index in [1.165, 1.54) is 11.3 Å². The third-order valence-electron chi connectivity index (χ3n) is 3.50.